The third kappa shape index (κ3) is 6.13. The summed E-state index contributed by atoms with van der Waals surface area (Å²) in [5, 5.41) is 17.9. The summed E-state index contributed by atoms with van der Waals surface area (Å²) >= 11 is 0. The lowest BCUT2D eigenvalue weighted by Crippen LogP contribution is -2.32. The SMILES string of the molecule is COc1ccc(C2=NOC3CN(C(=O)CO)CC23)cc1C(=O)Nc1cc2c(cc1C(=O)Nc1ccc(F)c(C(F)(F)F)c1)OC(F)(F)O2. The number of likely N-dealkylation sites (tertiary alicyclic amines) is 1. The van der Waals surface area contributed by atoms with E-state index in [-0.39, 0.29) is 30.3 Å². The Hall–Kier alpha value is -5.52. The van der Waals surface area contributed by atoms with Gasteiger partial charge in [-0.05, 0) is 42.5 Å². The van der Waals surface area contributed by atoms with E-state index in [0.29, 0.717) is 23.4 Å². The van der Waals surface area contributed by atoms with Gasteiger partial charge < -0.3 is 39.7 Å². The summed E-state index contributed by atoms with van der Waals surface area (Å²) in [6.07, 6.45) is -9.71. The molecular formula is C30H22F6N4O8. The minimum absolute atomic E-state index is 0.0418. The second-order valence-electron chi connectivity index (χ2n) is 10.7. The summed E-state index contributed by atoms with van der Waals surface area (Å²) in [6, 6.07) is 7.71. The van der Waals surface area contributed by atoms with Gasteiger partial charge in [-0.25, -0.2) is 4.39 Å². The van der Waals surface area contributed by atoms with Gasteiger partial charge in [0.1, 0.15) is 18.2 Å². The molecular weight excluding hydrogens is 658 g/mol. The maximum absolute atomic E-state index is 13.9. The van der Waals surface area contributed by atoms with Crippen LogP contribution in [-0.4, -0.2) is 72.6 Å². The van der Waals surface area contributed by atoms with Crippen LogP contribution in [0, 0.1) is 11.7 Å². The molecule has 0 aliphatic carbocycles. The van der Waals surface area contributed by atoms with Gasteiger partial charge >= 0.3 is 12.5 Å². The van der Waals surface area contributed by atoms with Crippen molar-refractivity contribution in [2.24, 2.45) is 11.1 Å². The van der Waals surface area contributed by atoms with Crippen LogP contribution in [0.4, 0.5) is 37.7 Å². The molecule has 6 rings (SSSR count). The number of nitrogens with one attached hydrogen (secondary N) is 2. The molecule has 0 spiro atoms. The predicted octanol–water partition coefficient (Wildman–Crippen LogP) is 4.23. The number of amides is 3. The molecule has 3 N–H and O–H groups in total. The van der Waals surface area contributed by atoms with Crippen molar-refractivity contribution < 1.29 is 64.9 Å². The molecule has 3 aliphatic heterocycles. The minimum atomic E-state index is -5.09. The van der Waals surface area contributed by atoms with Crippen molar-refractivity contribution in [3.8, 4) is 17.2 Å². The summed E-state index contributed by atoms with van der Waals surface area (Å²) in [6.45, 7) is -0.311. The molecule has 2 unspecified atom stereocenters. The summed E-state index contributed by atoms with van der Waals surface area (Å²) in [4.78, 5) is 45.8. The van der Waals surface area contributed by atoms with Crippen LogP contribution in [0.25, 0.3) is 0 Å². The highest BCUT2D eigenvalue weighted by atomic mass is 19.4. The maximum Gasteiger partial charge on any atom is 0.586 e. The van der Waals surface area contributed by atoms with E-state index >= 15 is 0 Å². The Morgan fingerprint density at radius 3 is 2.40 bits per heavy atom. The third-order valence-electron chi connectivity index (χ3n) is 7.70. The maximum atomic E-state index is 13.9. The zero-order chi connectivity index (χ0) is 34.5. The van der Waals surface area contributed by atoms with Crippen LogP contribution in [0.3, 0.4) is 0 Å². The van der Waals surface area contributed by atoms with E-state index < -0.39 is 82.7 Å². The van der Waals surface area contributed by atoms with Crippen LogP contribution < -0.4 is 24.8 Å². The molecule has 3 aliphatic rings. The minimum Gasteiger partial charge on any atom is -0.496 e. The van der Waals surface area contributed by atoms with Crippen molar-refractivity contribution in [1.29, 1.82) is 0 Å². The van der Waals surface area contributed by atoms with E-state index in [4.69, 9.17) is 9.57 Å². The molecule has 18 heteroatoms. The summed E-state index contributed by atoms with van der Waals surface area (Å²) in [5.74, 6) is -5.72. The Labute approximate surface area is 265 Å². The smallest absolute Gasteiger partial charge is 0.496 e. The number of anilines is 2. The number of fused-ring (bicyclic) bond motifs is 2. The summed E-state index contributed by atoms with van der Waals surface area (Å²) in [7, 11) is 1.27. The van der Waals surface area contributed by atoms with Gasteiger partial charge in [0.15, 0.2) is 17.6 Å². The number of benzene rings is 3. The van der Waals surface area contributed by atoms with Crippen molar-refractivity contribution in [2.75, 3.05) is 37.4 Å². The Kier molecular flexibility index (Phi) is 8.06. The van der Waals surface area contributed by atoms with Gasteiger partial charge in [-0.2, -0.15) is 13.2 Å². The first-order valence-electron chi connectivity index (χ1n) is 13.9. The van der Waals surface area contributed by atoms with Crippen molar-refractivity contribution in [1.82, 2.24) is 4.90 Å². The first-order chi connectivity index (χ1) is 22.7. The van der Waals surface area contributed by atoms with Crippen molar-refractivity contribution in [3.63, 3.8) is 0 Å². The van der Waals surface area contributed by atoms with Gasteiger partial charge in [0.2, 0.25) is 5.91 Å². The molecule has 0 aromatic heterocycles. The number of ether oxygens (including phenoxy) is 3. The number of hydrogen-bond acceptors (Lipinski definition) is 9. The predicted molar refractivity (Wildman–Crippen MR) is 152 cm³/mol. The Morgan fingerprint density at radius 2 is 1.71 bits per heavy atom. The van der Waals surface area contributed by atoms with Gasteiger partial charge in [0.05, 0.1) is 47.7 Å². The van der Waals surface area contributed by atoms with E-state index in [1.165, 1.54) is 24.1 Å². The third-order valence-corrected chi connectivity index (χ3v) is 7.70. The van der Waals surface area contributed by atoms with Crippen molar-refractivity contribution in [2.45, 2.75) is 18.6 Å². The molecule has 252 valence electrons. The van der Waals surface area contributed by atoms with E-state index in [2.05, 4.69) is 25.3 Å². The fourth-order valence-corrected chi connectivity index (χ4v) is 5.45. The lowest BCUT2D eigenvalue weighted by molar-refractivity contribution is -0.286. The standard InChI is InChI=1S/C30H22F6N4O8/c1-45-21-5-2-13(26-17-10-40(25(42)12-41)11-24(17)48-39-26)6-16(21)28(44)38-20-9-23-22(46-30(35,36)47-23)8-15(20)27(43)37-14-3-4-19(31)18(7-14)29(32,33)34/h2-9,17,24,41H,10-12H2,1H3,(H,37,43)(H,38,44). The molecule has 0 bridgehead atoms. The number of oxime groups is 1. The van der Waals surface area contributed by atoms with Crippen LogP contribution in [0.15, 0.2) is 53.7 Å². The average molecular weight is 681 g/mol. The molecule has 48 heavy (non-hydrogen) atoms. The van der Waals surface area contributed by atoms with E-state index in [9.17, 15) is 45.8 Å². The number of carbonyl (C=O) groups is 3. The quantitative estimate of drug-likeness (QED) is 0.314. The van der Waals surface area contributed by atoms with Crippen LogP contribution in [0.1, 0.15) is 31.8 Å². The number of rotatable bonds is 7. The van der Waals surface area contributed by atoms with Crippen molar-refractivity contribution >= 4 is 34.8 Å². The molecule has 3 aromatic rings. The van der Waals surface area contributed by atoms with Gasteiger partial charge in [-0.15, -0.1) is 8.78 Å². The van der Waals surface area contributed by atoms with Gasteiger partial charge in [0, 0.05) is 23.9 Å². The molecule has 12 nitrogen and oxygen atoms in total. The van der Waals surface area contributed by atoms with Crippen LogP contribution in [0.5, 0.6) is 17.2 Å². The highest BCUT2D eigenvalue weighted by Gasteiger charge is 2.45. The fraction of sp³-hybridized carbons (Fsp3) is 0.267. The number of methoxy groups -OCH3 is 1. The molecule has 0 radical (unpaired) electrons. The zero-order valence-corrected chi connectivity index (χ0v) is 24.4. The summed E-state index contributed by atoms with van der Waals surface area (Å²) < 4.78 is 95.5. The number of hydrogen-bond donors (Lipinski definition) is 3. The second-order valence-corrected chi connectivity index (χ2v) is 10.7. The Bertz CT molecular complexity index is 1870. The van der Waals surface area contributed by atoms with Gasteiger partial charge in [-0.3, -0.25) is 14.4 Å². The number of aliphatic hydroxyl groups is 1. The highest BCUT2D eigenvalue weighted by Crippen LogP contribution is 2.44. The van der Waals surface area contributed by atoms with Gasteiger partial charge in [-0.1, -0.05) is 5.16 Å². The Balaban J connectivity index is 1.31. The van der Waals surface area contributed by atoms with E-state index in [1.54, 1.807) is 6.07 Å². The normalized spacial score (nSPS) is 18.9. The molecule has 2 atom stereocenters. The second kappa shape index (κ2) is 11.9. The van der Waals surface area contributed by atoms with E-state index in [1.807, 2.05) is 0 Å². The molecule has 3 amide bonds. The molecule has 1 fully saturated rings. The monoisotopic (exact) mass is 680 g/mol. The Morgan fingerprint density at radius 1 is 1.00 bits per heavy atom. The van der Waals surface area contributed by atoms with Crippen LogP contribution in [-0.2, 0) is 15.8 Å². The highest BCUT2D eigenvalue weighted by molar-refractivity contribution is 6.14. The van der Waals surface area contributed by atoms with Gasteiger partial charge in [0.25, 0.3) is 11.8 Å². The first kappa shape index (κ1) is 32.4. The number of alkyl halides is 5. The first-order valence-corrected chi connectivity index (χ1v) is 13.9. The topological polar surface area (TPSA) is 148 Å². The van der Waals surface area contributed by atoms with Crippen LogP contribution in [0.2, 0.25) is 0 Å². The molecule has 3 heterocycles. The fourth-order valence-electron chi connectivity index (χ4n) is 5.45. The largest absolute Gasteiger partial charge is 0.586 e. The molecule has 3 aromatic carbocycles. The summed E-state index contributed by atoms with van der Waals surface area (Å²) in [5.41, 5.74) is -2.44. The van der Waals surface area contributed by atoms with Crippen LogP contribution >= 0.6 is 0 Å². The average Bonchev–Trinajstić information content (AvgIpc) is 3.71. The van der Waals surface area contributed by atoms with Crippen molar-refractivity contribution in [3.05, 3.63) is 76.6 Å². The number of carbonyl (C=O) groups excluding carboxylic acids is 3. The number of nitrogens with zero attached hydrogens (tertiary/aromatic N) is 2. The number of halogens is 6. The number of aliphatic hydroxyl groups excluding tert-OH is 1. The van der Waals surface area contributed by atoms with E-state index in [0.717, 1.165) is 18.2 Å². The lowest BCUT2D eigenvalue weighted by atomic mass is 9.93. The molecule has 0 saturated carbocycles. The zero-order valence-electron chi connectivity index (χ0n) is 24.4. The molecule has 1 saturated heterocycles. The lowest BCUT2D eigenvalue weighted by Gasteiger charge is -2.16.